The lowest BCUT2D eigenvalue weighted by Gasteiger charge is -2.08. The summed E-state index contributed by atoms with van der Waals surface area (Å²) >= 11 is 0. The number of sulfone groups is 1. The van der Waals surface area contributed by atoms with Gasteiger partial charge in [-0.1, -0.05) is 25.1 Å². The number of nitrogens with one attached hydrogen (secondary N) is 1. The summed E-state index contributed by atoms with van der Waals surface area (Å²) in [5, 5.41) is 2.79. The highest BCUT2D eigenvalue weighted by atomic mass is 32.2. The van der Waals surface area contributed by atoms with Crippen molar-refractivity contribution in [2.24, 2.45) is 0 Å². The lowest BCUT2D eigenvalue weighted by Crippen LogP contribution is -2.25. The highest BCUT2D eigenvalue weighted by Crippen LogP contribution is 2.12. The van der Waals surface area contributed by atoms with Crippen molar-refractivity contribution in [1.82, 2.24) is 5.32 Å². The molecule has 0 unspecified atom stereocenters. The van der Waals surface area contributed by atoms with Crippen molar-refractivity contribution in [3.8, 4) is 5.75 Å². The number of hydrogen-bond acceptors (Lipinski definition) is 4. The Morgan fingerprint density at radius 1 is 1.04 bits per heavy atom. The lowest BCUT2D eigenvalue weighted by molar-refractivity contribution is 0.0951. The minimum absolute atomic E-state index is 0.0416. The van der Waals surface area contributed by atoms with Gasteiger partial charge in [0, 0.05) is 12.1 Å². The predicted octanol–water partition coefficient (Wildman–Crippen LogP) is 2.68. The maximum atomic E-state index is 12.0. The molecule has 24 heavy (non-hydrogen) atoms. The van der Waals surface area contributed by atoms with Gasteiger partial charge in [0.05, 0.1) is 17.3 Å². The van der Waals surface area contributed by atoms with E-state index in [4.69, 9.17) is 4.74 Å². The summed E-state index contributed by atoms with van der Waals surface area (Å²) in [7, 11) is -3.24. The van der Waals surface area contributed by atoms with Gasteiger partial charge in [-0.15, -0.1) is 0 Å². The highest BCUT2D eigenvalue weighted by Gasteiger charge is 2.12. The van der Waals surface area contributed by atoms with Crippen molar-refractivity contribution in [3.05, 3.63) is 60.2 Å². The fourth-order valence-corrected chi connectivity index (χ4v) is 2.95. The van der Waals surface area contributed by atoms with Crippen LogP contribution in [0.5, 0.6) is 5.75 Å². The molecule has 2 aromatic rings. The molecule has 0 spiro atoms. The van der Waals surface area contributed by atoms with Crippen LogP contribution in [0.3, 0.4) is 0 Å². The van der Waals surface area contributed by atoms with Crippen molar-refractivity contribution in [2.75, 3.05) is 18.9 Å². The second-order valence-corrected chi connectivity index (χ2v) is 7.48. The molecule has 0 saturated heterocycles. The van der Waals surface area contributed by atoms with E-state index in [2.05, 4.69) is 5.32 Å². The van der Waals surface area contributed by atoms with Gasteiger partial charge in [0.15, 0.2) is 9.84 Å². The number of carbonyl (C=O) groups excluding carboxylic acids is 1. The molecule has 128 valence electrons. The molecule has 1 amide bonds. The molecule has 0 bridgehead atoms. The monoisotopic (exact) mass is 347 g/mol. The largest absolute Gasteiger partial charge is 0.494 e. The van der Waals surface area contributed by atoms with Crippen molar-refractivity contribution >= 4 is 15.7 Å². The second-order valence-electron chi connectivity index (χ2n) is 5.20. The van der Waals surface area contributed by atoms with E-state index in [0.29, 0.717) is 25.1 Å². The summed E-state index contributed by atoms with van der Waals surface area (Å²) in [5.74, 6) is 0.617. The summed E-state index contributed by atoms with van der Waals surface area (Å²) in [6, 6.07) is 15.5. The van der Waals surface area contributed by atoms with Crippen LogP contribution in [0.15, 0.2) is 59.5 Å². The van der Waals surface area contributed by atoms with Crippen LogP contribution < -0.4 is 10.1 Å². The molecular formula is C18H21NO4S. The van der Waals surface area contributed by atoms with E-state index >= 15 is 0 Å². The van der Waals surface area contributed by atoms with Gasteiger partial charge in [-0.2, -0.15) is 0 Å². The minimum atomic E-state index is -3.24. The first-order chi connectivity index (χ1) is 11.5. The Kier molecular flexibility index (Phi) is 6.37. The Morgan fingerprint density at radius 2 is 1.71 bits per heavy atom. The van der Waals surface area contributed by atoms with E-state index in [0.717, 1.165) is 5.75 Å². The van der Waals surface area contributed by atoms with Crippen LogP contribution in [0.2, 0.25) is 0 Å². The molecule has 0 aliphatic carbocycles. The number of carbonyl (C=O) groups is 1. The molecule has 6 heteroatoms. The first-order valence-electron chi connectivity index (χ1n) is 7.82. The third kappa shape index (κ3) is 5.09. The van der Waals surface area contributed by atoms with Crippen LogP contribution in [0.1, 0.15) is 23.7 Å². The number of rotatable bonds is 8. The molecule has 0 fully saturated rings. The first kappa shape index (κ1) is 18.0. The Hall–Kier alpha value is -2.34. The van der Waals surface area contributed by atoms with Gasteiger partial charge in [0.1, 0.15) is 5.75 Å². The molecule has 0 aliphatic heterocycles. The Balaban J connectivity index is 1.76. The van der Waals surface area contributed by atoms with Gasteiger partial charge in [-0.25, -0.2) is 8.42 Å². The smallest absolute Gasteiger partial charge is 0.251 e. The van der Waals surface area contributed by atoms with Gasteiger partial charge < -0.3 is 10.1 Å². The summed E-state index contributed by atoms with van der Waals surface area (Å²) in [4.78, 5) is 12.2. The molecule has 2 aromatic carbocycles. The zero-order valence-electron chi connectivity index (χ0n) is 13.6. The summed E-state index contributed by atoms with van der Waals surface area (Å²) in [5.41, 5.74) is 0.439. The topological polar surface area (TPSA) is 72.5 Å². The van der Waals surface area contributed by atoms with E-state index in [-0.39, 0.29) is 16.6 Å². The molecular weight excluding hydrogens is 326 g/mol. The maximum absolute atomic E-state index is 12.0. The summed E-state index contributed by atoms with van der Waals surface area (Å²) < 4.78 is 29.0. The number of hydrogen-bond donors (Lipinski definition) is 1. The molecule has 0 aromatic heterocycles. The third-order valence-corrected chi connectivity index (χ3v) is 5.22. The number of amides is 1. The Morgan fingerprint density at radius 3 is 2.33 bits per heavy atom. The van der Waals surface area contributed by atoms with E-state index in [9.17, 15) is 13.2 Å². The van der Waals surface area contributed by atoms with Crippen LogP contribution >= 0.6 is 0 Å². The Labute approximate surface area is 142 Å². The molecule has 5 nitrogen and oxygen atoms in total. The van der Waals surface area contributed by atoms with Gasteiger partial charge in [0.25, 0.3) is 5.91 Å². The maximum Gasteiger partial charge on any atom is 0.251 e. The van der Waals surface area contributed by atoms with Crippen LogP contribution in [-0.4, -0.2) is 33.2 Å². The number of benzene rings is 2. The lowest BCUT2D eigenvalue weighted by atomic mass is 10.2. The second kappa shape index (κ2) is 8.49. The summed E-state index contributed by atoms with van der Waals surface area (Å²) in [6.45, 7) is 2.59. The molecule has 1 N–H and O–H groups in total. The third-order valence-electron chi connectivity index (χ3n) is 3.47. The highest BCUT2D eigenvalue weighted by molar-refractivity contribution is 7.91. The van der Waals surface area contributed by atoms with Gasteiger partial charge >= 0.3 is 0 Å². The number of para-hydroxylation sites is 1. The van der Waals surface area contributed by atoms with Crippen LogP contribution in [0.4, 0.5) is 0 Å². The zero-order valence-corrected chi connectivity index (χ0v) is 14.4. The SMILES string of the molecule is CCS(=O)(=O)c1ccc(C(=O)NCCCOc2ccccc2)cc1. The molecule has 0 atom stereocenters. The van der Waals surface area contributed by atoms with E-state index < -0.39 is 9.84 Å². The van der Waals surface area contributed by atoms with Crippen molar-refractivity contribution in [1.29, 1.82) is 0 Å². The molecule has 0 aliphatic rings. The van der Waals surface area contributed by atoms with Crippen molar-refractivity contribution in [3.63, 3.8) is 0 Å². The van der Waals surface area contributed by atoms with E-state index in [1.54, 1.807) is 6.92 Å². The van der Waals surface area contributed by atoms with E-state index in [1.165, 1.54) is 24.3 Å². The summed E-state index contributed by atoms with van der Waals surface area (Å²) in [6.07, 6.45) is 0.683. The standard InChI is InChI=1S/C18H21NO4S/c1-2-24(21,22)17-11-9-15(10-12-17)18(20)19-13-6-14-23-16-7-4-3-5-8-16/h3-5,7-12H,2,6,13-14H2,1H3,(H,19,20). The molecule has 0 saturated carbocycles. The molecule has 2 rings (SSSR count). The first-order valence-corrected chi connectivity index (χ1v) is 9.47. The number of ether oxygens (including phenoxy) is 1. The van der Waals surface area contributed by atoms with Crippen LogP contribution in [0.25, 0.3) is 0 Å². The van der Waals surface area contributed by atoms with Crippen molar-refractivity contribution < 1.29 is 17.9 Å². The predicted molar refractivity (Wildman–Crippen MR) is 93.1 cm³/mol. The normalized spacial score (nSPS) is 11.0. The minimum Gasteiger partial charge on any atom is -0.494 e. The van der Waals surface area contributed by atoms with Crippen molar-refractivity contribution in [2.45, 2.75) is 18.2 Å². The molecule has 0 heterocycles. The quantitative estimate of drug-likeness (QED) is 0.745. The fraction of sp³-hybridized carbons (Fsp3) is 0.278. The van der Waals surface area contributed by atoms with E-state index in [1.807, 2.05) is 30.3 Å². The van der Waals surface area contributed by atoms with Crippen LogP contribution in [-0.2, 0) is 9.84 Å². The van der Waals surface area contributed by atoms with Crippen LogP contribution in [0, 0.1) is 0 Å². The fourth-order valence-electron chi connectivity index (χ4n) is 2.06. The zero-order chi connectivity index (χ0) is 17.4. The average molecular weight is 347 g/mol. The van der Waals surface area contributed by atoms with Gasteiger partial charge in [0.2, 0.25) is 0 Å². The van der Waals surface area contributed by atoms with Gasteiger partial charge in [-0.05, 0) is 42.8 Å². The average Bonchev–Trinajstić information content (AvgIpc) is 2.62. The molecule has 0 radical (unpaired) electrons. The Bertz CT molecular complexity index is 755. The van der Waals surface area contributed by atoms with Gasteiger partial charge in [-0.3, -0.25) is 4.79 Å².